The van der Waals surface area contributed by atoms with Gasteiger partial charge in [0.1, 0.15) is 5.75 Å². The van der Waals surface area contributed by atoms with Gasteiger partial charge in [-0.1, -0.05) is 31.9 Å². The van der Waals surface area contributed by atoms with Crippen LogP contribution in [0.1, 0.15) is 37.3 Å². The van der Waals surface area contributed by atoms with E-state index in [1.54, 1.807) is 7.11 Å². The highest BCUT2D eigenvalue weighted by Gasteiger charge is 2.20. The van der Waals surface area contributed by atoms with Crippen molar-refractivity contribution in [3.8, 4) is 5.75 Å². The topological polar surface area (TPSA) is 9.23 Å². The third kappa shape index (κ3) is 2.17. The smallest absolute Gasteiger partial charge is 0.122 e. The van der Waals surface area contributed by atoms with E-state index >= 15 is 0 Å². The van der Waals surface area contributed by atoms with E-state index in [4.69, 9.17) is 4.74 Å². The molecule has 1 atom stereocenters. The summed E-state index contributed by atoms with van der Waals surface area (Å²) in [6, 6.07) is 6.46. The van der Waals surface area contributed by atoms with Crippen molar-refractivity contribution in [2.24, 2.45) is 5.92 Å². The predicted octanol–water partition coefficient (Wildman–Crippen LogP) is 3.60. The number of hydrogen-bond donors (Lipinski definition) is 0. The summed E-state index contributed by atoms with van der Waals surface area (Å²) in [5.41, 5.74) is 2.96. The van der Waals surface area contributed by atoms with Crippen LogP contribution in [0, 0.1) is 5.92 Å². The number of rotatable bonds is 3. The fraction of sp³-hybridized carbons (Fsp3) is 0.571. The van der Waals surface area contributed by atoms with Gasteiger partial charge in [0.05, 0.1) is 7.11 Å². The minimum atomic E-state index is 0.898. The normalized spacial score (nSPS) is 19.7. The summed E-state index contributed by atoms with van der Waals surface area (Å²) < 4.78 is 5.41. The first kappa shape index (κ1) is 10.5. The summed E-state index contributed by atoms with van der Waals surface area (Å²) in [5, 5.41) is 0. The Labute approximate surface area is 92.5 Å². The van der Waals surface area contributed by atoms with Crippen LogP contribution in [0.15, 0.2) is 18.2 Å². The Morgan fingerprint density at radius 2 is 2.27 bits per heavy atom. The number of fused-ring (bicyclic) bond motifs is 1. The Morgan fingerprint density at radius 1 is 1.40 bits per heavy atom. The van der Waals surface area contributed by atoms with Crippen molar-refractivity contribution < 1.29 is 4.74 Å². The summed E-state index contributed by atoms with van der Waals surface area (Å²) in [4.78, 5) is 0. The number of ether oxygens (including phenoxy) is 1. The van der Waals surface area contributed by atoms with Gasteiger partial charge < -0.3 is 4.74 Å². The van der Waals surface area contributed by atoms with Gasteiger partial charge in [-0.2, -0.15) is 0 Å². The van der Waals surface area contributed by atoms with Gasteiger partial charge in [-0.3, -0.25) is 0 Å². The number of methoxy groups -OCH3 is 1. The minimum Gasteiger partial charge on any atom is -0.496 e. The molecule has 82 valence electrons. The third-order valence-corrected chi connectivity index (χ3v) is 3.46. The van der Waals surface area contributed by atoms with Gasteiger partial charge in [-0.05, 0) is 42.4 Å². The van der Waals surface area contributed by atoms with Crippen LogP contribution in [0.5, 0.6) is 5.75 Å². The highest BCUT2D eigenvalue weighted by molar-refractivity contribution is 5.41. The molecule has 1 heteroatoms. The lowest BCUT2D eigenvalue weighted by atomic mass is 9.81. The molecule has 0 bridgehead atoms. The Hall–Kier alpha value is -0.980. The molecule has 0 aliphatic heterocycles. The molecule has 0 heterocycles. The molecular weight excluding hydrogens is 184 g/mol. The van der Waals surface area contributed by atoms with E-state index < -0.39 is 0 Å². The van der Waals surface area contributed by atoms with Crippen LogP contribution < -0.4 is 4.74 Å². The molecule has 0 fully saturated rings. The highest BCUT2D eigenvalue weighted by atomic mass is 16.5. The fourth-order valence-corrected chi connectivity index (χ4v) is 2.69. The molecule has 0 amide bonds. The lowest BCUT2D eigenvalue weighted by Gasteiger charge is -2.25. The summed E-state index contributed by atoms with van der Waals surface area (Å²) >= 11 is 0. The second-order valence-corrected chi connectivity index (χ2v) is 4.50. The monoisotopic (exact) mass is 204 g/mol. The maximum Gasteiger partial charge on any atom is 0.122 e. The van der Waals surface area contributed by atoms with Crippen molar-refractivity contribution in [2.45, 2.75) is 39.0 Å². The van der Waals surface area contributed by atoms with Gasteiger partial charge in [0.25, 0.3) is 0 Å². The molecule has 2 rings (SSSR count). The molecule has 0 saturated carbocycles. The van der Waals surface area contributed by atoms with E-state index in [0.717, 1.165) is 11.7 Å². The van der Waals surface area contributed by atoms with E-state index in [9.17, 15) is 0 Å². The molecule has 0 N–H and O–H groups in total. The molecule has 0 radical (unpaired) electrons. The van der Waals surface area contributed by atoms with Gasteiger partial charge in [0.2, 0.25) is 0 Å². The minimum absolute atomic E-state index is 0.898. The predicted molar refractivity (Wildman–Crippen MR) is 63.4 cm³/mol. The lowest BCUT2D eigenvalue weighted by Crippen LogP contribution is -2.14. The van der Waals surface area contributed by atoms with Crippen LogP contribution in [-0.2, 0) is 12.8 Å². The first-order chi connectivity index (χ1) is 7.35. The highest BCUT2D eigenvalue weighted by Crippen LogP contribution is 2.33. The van der Waals surface area contributed by atoms with Crippen molar-refractivity contribution in [1.82, 2.24) is 0 Å². The van der Waals surface area contributed by atoms with E-state index in [1.165, 1.54) is 43.2 Å². The van der Waals surface area contributed by atoms with Gasteiger partial charge in [0.15, 0.2) is 0 Å². The van der Waals surface area contributed by atoms with Crippen molar-refractivity contribution in [1.29, 1.82) is 0 Å². The van der Waals surface area contributed by atoms with Crippen molar-refractivity contribution in [2.75, 3.05) is 7.11 Å². The zero-order valence-electron chi connectivity index (χ0n) is 9.75. The van der Waals surface area contributed by atoms with E-state index in [2.05, 4.69) is 25.1 Å². The summed E-state index contributed by atoms with van der Waals surface area (Å²) in [7, 11) is 1.77. The quantitative estimate of drug-likeness (QED) is 0.731. The number of benzene rings is 1. The maximum atomic E-state index is 5.41. The van der Waals surface area contributed by atoms with Crippen LogP contribution in [-0.4, -0.2) is 7.11 Å². The molecule has 0 unspecified atom stereocenters. The van der Waals surface area contributed by atoms with Crippen LogP contribution in [0.25, 0.3) is 0 Å². The van der Waals surface area contributed by atoms with Crippen LogP contribution in [0.4, 0.5) is 0 Å². The largest absolute Gasteiger partial charge is 0.496 e. The molecule has 0 aromatic heterocycles. The van der Waals surface area contributed by atoms with E-state index in [1.807, 2.05) is 0 Å². The standard InChI is InChI=1S/C14H20O/c1-3-5-11-8-9-13-12(10-11)6-4-7-14(13)15-2/h4,6-7,11H,3,5,8-10H2,1-2H3/t11-/m0/s1. The Kier molecular flexibility index (Phi) is 3.30. The Balaban J connectivity index is 2.20. The molecule has 1 aliphatic rings. The molecule has 1 aliphatic carbocycles. The van der Waals surface area contributed by atoms with E-state index in [-0.39, 0.29) is 0 Å². The van der Waals surface area contributed by atoms with Gasteiger partial charge >= 0.3 is 0 Å². The maximum absolute atomic E-state index is 5.41. The third-order valence-electron chi connectivity index (χ3n) is 3.46. The summed E-state index contributed by atoms with van der Waals surface area (Å²) in [6.07, 6.45) is 6.46. The SMILES string of the molecule is CCC[C@H]1CCc2c(cccc2OC)C1. The zero-order chi connectivity index (χ0) is 10.7. The van der Waals surface area contributed by atoms with Gasteiger partial charge in [-0.25, -0.2) is 0 Å². The van der Waals surface area contributed by atoms with Crippen LogP contribution >= 0.6 is 0 Å². The van der Waals surface area contributed by atoms with Crippen LogP contribution in [0.2, 0.25) is 0 Å². The number of hydrogen-bond acceptors (Lipinski definition) is 1. The van der Waals surface area contributed by atoms with Crippen molar-refractivity contribution in [3.05, 3.63) is 29.3 Å². The van der Waals surface area contributed by atoms with Gasteiger partial charge in [0, 0.05) is 0 Å². The molecule has 0 spiro atoms. The van der Waals surface area contributed by atoms with Crippen LogP contribution in [0.3, 0.4) is 0 Å². The molecular formula is C14H20O. The summed E-state index contributed by atoms with van der Waals surface area (Å²) in [5.74, 6) is 1.98. The molecule has 15 heavy (non-hydrogen) atoms. The second-order valence-electron chi connectivity index (χ2n) is 4.50. The first-order valence-electron chi connectivity index (χ1n) is 6.00. The van der Waals surface area contributed by atoms with E-state index in [0.29, 0.717) is 0 Å². The molecule has 0 saturated heterocycles. The zero-order valence-corrected chi connectivity index (χ0v) is 9.75. The summed E-state index contributed by atoms with van der Waals surface area (Å²) in [6.45, 7) is 2.28. The van der Waals surface area contributed by atoms with Crippen molar-refractivity contribution >= 4 is 0 Å². The molecule has 1 aromatic carbocycles. The first-order valence-corrected chi connectivity index (χ1v) is 6.00. The van der Waals surface area contributed by atoms with Crippen molar-refractivity contribution in [3.63, 3.8) is 0 Å². The average molecular weight is 204 g/mol. The Morgan fingerprint density at radius 3 is 3.00 bits per heavy atom. The van der Waals surface area contributed by atoms with Gasteiger partial charge in [-0.15, -0.1) is 0 Å². The lowest BCUT2D eigenvalue weighted by molar-refractivity contribution is 0.386. The average Bonchev–Trinajstić information content (AvgIpc) is 2.28. The molecule has 1 nitrogen and oxygen atoms in total. The molecule has 1 aromatic rings. The fourth-order valence-electron chi connectivity index (χ4n) is 2.69. The Bertz CT molecular complexity index is 330. The second kappa shape index (κ2) is 4.69.